The van der Waals surface area contributed by atoms with Crippen LogP contribution < -0.4 is 4.80 Å². The average molecular weight is 468 g/mol. The number of rotatable bonds is 6. The maximum absolute atomic E-state index is 12.3. The molecule has 1 aliphatic rings. The minimum Gasteiger partial charge on any atom is -0.342 e. The molecular formula is C19H22BrN3O2S2. The Morgan fingerprint density at radius 1 is 1.26 bits per heavy atom. The third kappa shape index (κ3) is 5.33. The van der Waals surface area contributed by atoms with Crippen molar-refractivity contribution in [1.82, 2.24) is 9.47 Å². The Balaban J connectivity index is 1.66. The van der Waals surface area contributed by atoms with E-state index in [1.54, 1.807) is 6.08 Å². The monoisotopic (exact) mass is 467 g/mol. The summed E-state index contributed by atoms with van der Waals surface area (Å²) in [5.74, 6) is 0.467. The van der Waals surface area contributed by atoms with Gasteiger partial charge in [-0.25, -0.2) is 0 Å². The molecule has 0 unspecified atom stereocenters. The van der Waals surface area contributed by atoms with Crippen LogP contribution in [0, 0.1) is 0 Å². The van der Waals surface area contributed by atoms with Crippen LogP contribution in [0.5, 0.6) is 0 Å². The number of fused-ring (bicyclic) bond motifs is 1. The largest absolute Gasteiger partial charge is 0.342 e. The summed E-state index contributed by atoms with van der Waals surface area (Å²) in [7, 11) is 0. The van der Waals surface area contributed by atoms with Crippen LogP contribution in [-0.2, 0) is 16.1 Å². The summed E-state index contributed by atoms with van der Waals surface area (Å²) in [4.78, 5) is 31.3. The second-order valence-corrected chi connectivity index (χ2v) is 9.25. The summed E-state index contributed by atoms with van der Waals surface area (Å²) in [6.07, 6.45) is 5.15. The molecule has 8 heteroatoms. The third-order valence-electron chi connectivity index (χ3n) is 4.34. The molecular weight excluding hydrogens is 446 g/mol. The van der Waals surface area contributed by atoms with Crippen LogP contribution in [0.25, 0.3) is 10.2 Å². The number of carbonyl (C=O) groups excluding carboxylic acids is 2. The van der Waals surface area contributed by atoms with Crippen LogP contribution in [0.2, 0.25) is 0 Å². The zero-order valence-corrected chi connectivity index (χ0v) is 18.2. The Kier molecular flexibility index (Phi) is 7.32. The van der Waals surface area contributed by atoms with Crippen molar-refractivity contribution >= 4 is 61.1 Å². The number of aromatic nitrogens is 1. The summed E-state index contributed by atoms with van der Waals surface area (Å²) in [5.41, 5.74) is 1.03. The van der Waals surface area contributed by atoms with Crippen molar-refractivity contribution < 1.29 is 9.59 Å². The number of hydrogen-bond donors (Lipinski definition) is 0. The van der Waals surface area contributed by atoms with Gasteiger partial charge in [-0.1, -0.05) is 33.3 Å². The highest BCUT2D eigenvalue weighted by molar-refractivity contribution is 9.10. The summed E-state index contributed by atoms with van der Waals surface area (Å²) in [6, 6.07) is 6.01. The standard InChI is InChI=1S/C19H22BrN3O2S2/c1-2-8-23-15-7-6-14(20)11-16(15)27-19(23)21-17(24)12-26-13-18(25)22-9-4-3-5-10-22/h2,6-7,11H,1,3-5,8-10,12-13H2. The molecule has 2 amide bonds. The van der Waals surface area contributed by atoms with Crippen LogP contribution >= 0.6 is 39.0 Å². The normalized spacial score (nSPS) is 15.3. The van der Waals surface area contributed by atoms with Crippen LogP contribution in [0.3, 0.4) is 0 Å². The van der Waals surface area contributed by atoms with E-state index in [1.165, 1.54) is 29.5 Å². The van der Waals surface area contributed by atoms with Gasteiger partial charge in [-0.3, -0.25) is 9.59 Å². The lowest BCUT2D eigenvalue weighted by Gasteiger charge is -2.26. The third-order valence-corrected chi connectivity index (χ3v) is 6.77. The van der Waals surface area contributed by atoms with Gasteiger partial charge in [0, 0.05) is 24.1 Å². The van der Waals surface area contributed by atoms with Crippen molar-refractivity contribution in [2.45, 2.75) is 25.8 Å². The number of likely N-dealkylation sites (tertiary alicyclic amines) is 1. The van der Waals surface area contributed by atoms with E-state index in [0.717, 1.165) is 40.6 Å². The molecule has 5 nitrogen and oxygen atoms in total. The first-order valence-electron chi connectivity index (χ1n) is 8.91. The Bertz CT molecular complexity index is 913. The van der Waals surface area contributed by atoms with Gasteiger partial charge in [0.15, 0.2) is 4.80 Å². The molecule has 1 fully saturated rings. The number of halogens is 1. The fourth-order valence-electron chi connectivity index (χ4n) is 3.04. The van der Waals surface area contributed by atoms with Crippen molar-refractivity contribution in [1.29, 1.82) is 0 Å². The predicted molar refractivity (Wildman–Crippen MR) is 116 cm³/mol. The predicted octanol–water partition coefficient (Wildman–Crippen LogP) is 3.82. The van der Waals surface area contributed by atoms with Crippen LogP contribution in [0.15, 0.2) is 40.3 Å². The molecule has 1 aromatic carbocycles. The first-order valence-corrected chi connectivity index (χ1v) is 11.7. The lowest BCUT2D eigenvalue weighted by molar-refractivity contribution is -0.129. The van der Waals surface area contributed by atoms with E-state index in [-0.39, 0.29) is 17.6 Å². The Hall–Kier alpha value is -1.38. The fourth-order valence-corrected chi connectivity index (χ4v) is 5.34. The van der Waals surface area contributed by atoms with E-state index in [1.807, 2.05) is 27.7 Å². The topological polar surface area (TPSA) is 54.7 Å². The number of allylic oxidation sites excluding steroid dienone is 1. The van der Waals surface area contributed by atoms with E-state index in [0.29, 0.717) is 17.1 Å². The molecule has 2 aromatic rings. The SMILES string of the molecule is C=CCn1c(=NC(=O)CSCC(=O)N2CCCCC2)sc2cc(Br)ccc21. The van der Waals surface area contributed by atoms with Gasteiger partial charge in [0.05, 0.1) is 21.7 Å². The van der Waals surface area contributed by atoms with Crippen molar-refractivity contribution in [3.8, 4) is 0 Å². The Morgan fingerprint density at radius 2 is 2.04 bits per heavy atom. The molecule has 1 aliphatic heterocycles. The molecule has 0 aliphatic carbocycles. The number of benzene rings is 1. The average Bonchev–Trinajstić information content (AvgIpc) is 2.98. The second-order valence-electron chi connectivity index (χ2n) is 6.34. The minimum atomic E-state index is -0.213. The quantitative estimate of drug-likeness (QED) is 0.606. The zero-order valence-electron chi connectivity index (χ0n) is 15.0. The summed E-state index contributed by atoms with van der Waals surface area (Å²) in [5, 5.41) is 0. The van der Waals surface area contributed by atoms with Crippen LogP contribution in [0.1, 0.15) is 19.3 Å². The van der Waals surface area contributed by atoms with E-state index in [2.05, 4.69) is 27.5 Å². The summed E-state index contributed by atoms with van der Waals surface area (Å²) < 4.78 is 4.04. The molecule has 0 spiro atoms. The van der Waals surface area contributed by atoms with Gasteiger partial charge >= 0.3 is 0 Å². The molecule has 0 radical (unpaired) electrons. The van der Waals surface area contributed by atoms with Gasteiger partial charge in [-0.15, -0.1) is 18.3 Å². The smallest absolute Gasteiger partial charge is 0.258 e. The molecule has 1 aromatic heterocycles. The fraction of sp³-hybridized carbons (Fsp3) is 0.421. The molecule has 144 valence electrons. The van der Waals surface area contributed by atoms with Crippen molar-refractivity contribution in [3.63, 3.8) is 0 Å². The number of nitrogens with zero attached hydrogens (tertiary/aromatic N) is 3. The lowest BCUT2D eigenvalue weighted by Crippen LogP contribution is -2.36. The molecule has 0 N–H and O–H groups in total. The van der Waals surface area contributed by atoms with E-state index in [4.69, 9.17) is 0 Å². The van der Waals surface area contributed by atoms with E-state index in [9.17, 15) is 9.59 Å². The van der Waals surface area contributed by atoms with Gasteiger partial charge in [-0.05, 0) is 37.5 Å². The number of hydrogen-bond acceptors (Lipinski definition) is 4. The van der Waals surface area contributed by atoms with Gasteiger partial charge in [0.25, 0.3) is 5.91 Å². The number of thiazole rings is 1. The highest BCUT2D eigenvalue weighted by Crippen LogP contribution is 2.22. The van der Waals surface area contributed by atoms with E-state index < -0.39 is 0 Å². The van der Waals surface area contributed by atoms with Gasteiger partial charge in [0.1, 0.15) is 0 Å². The van der Waals surface area contributed by atoms with Crippen molar-refractivity contribution in [3.05, 3.63) is 40.1 Å². The van der Waals surface area contributed by atoms with Gasteiger partial charge in [-0.2, -0.15) is 4.99 Å². The molecule has 2 heterocycles. The van der Waals surface area contributed by atoms with E-state index >= 15 is 0 Å². The summed E-state index contributed by atoms with van der Waals surface area (Å²) in [6.45, 7) is 6.07. The molecule has 0 atom stereocenters. The highest BCUT2D eigenvalue weighted by Gasteiger charge is 2.16. The lowest BCUT2D eigenvalue weighted by atomic mass is 10.1. The molecule has 0 saturated carbocycles. The number of piperidine rings is 1. The first-order chi connectivity index (χ1) is 13.1. The maximum Gasteiger partial charge on any atom is 0.258 e. The second kappa shape index (κ2) is 9.71. The van der Waals surface area contributed by atoms with Gasteiger partial charge in [0.2, 0.25) is 5.91 Å². The maximum atomic E-state index is 12.3. The highest BCUT2D eigenvalue weighted by atomic mass is 79.9. The van der Waals surface area contributed by atoms with Crippen LogP contribution in [0.4, 0.5) is 0 Å². The Labute approximate surface area is 175 Å². The molecule has 27 heavy (non-hydrogen) atoms. The number of amides is 2. The summed E-state index contributed by atoms with van der Waals surface area (Å²) >= 11 is 6.30. The van der Waals surface area contributed by atoms with Crippen molar-refractivity contribution in [2.75, 3.05) is 24.6 Å². The Morgan fingerprint density at radius 3 is 2.78 bits per heavy atom. The first kappa shape index (κ1) is 20.4. The zero-order chi connectivity index (χ0) is 19.2. The molecule has 0 bridgehead atoms. The van der Waals surface area contributed by atoms with Gasteiger partial charge < -0.3 is 9.47 Å². The number of carbonyl (C=O) groups is 2. The molecule has 3 rings (SSSR count). The van der Waals surface area contributed by atoms with Crippen molar-refractivity contribution in [2.24, 2.45) is 4.99 Å². The molecule has 1 saturated heterocycles. The number of thioether (sulfide) groups is 1. The minimum absolute atomic E-state index is 0.126. The van der Waals surface area contributed by atoms with Crippen LogP contribution in [-0.4, -0.2) is 45.9 Å².